The Morgan fingerprint density at radius 3 is 2.20 bits per heavy atom. The summed E-state index contributed by atoms with van der Waals surface area (Å²) in [6.45, 7) is 0. The van der Waals surface area contributed by atoms with Crippen molar-refractivity contribution in [3.8, 4) is 0 Å². The van der Waals surface area contributed by atoms with Gasteiger partial charge in [-0.05, 0) is 42.7 Å². The lowest BCUT2D eigenvalue weighted by molar-refractivity contribution is 0.302. The first kappa shape index (κ1) is 14.1. The number of hydrogen-bond acceptors (Lipinski definition) is 1. The van der Waals surface area contributed by atoms with Crippen LogP contribution in [0.3, 0.4) is 0 Å². The van der Waals surface area contributed by atoms with Crippen molar-refractivity contribution in [1.82, 2.24) is 0 Å². The van der Waals surface area contributed by atoms with Gasteiger partial charge in [-0.3, -0.25) is 0 Å². The molecule has 0 unspecified atom stereocenters. The maximum absolute atomic E-state index is 6.71. The summed E-state index contributed by atoms with van der Waals surface area (Å²) in [5.41, 5.74) is 9.62. The van der Waals surface area contributed by atoms with Crippen LogP contribution in [0.4, 0.5) is 0 Å². The van der Waals surface area contributed by atoms with E-state index in [-0.39, 0.29) is 5.54 Å². The van der Waals surface area contributed by atoms with Gasteiger partial charge in [-0.25, -0.2) is 0 Å². The minimum atomic E-state index is -0.0427. The third-order valence-electron chi connectivity index (χ3n) is 5.53. The lowest BCUT2D eigenvalue weighted by atomic mass is 9.76. The molecular weight excluding hydrogens is 242 g/mol. The summed E-state index contributed by atoms with van der Waals surface area (Å²) in [6, 6.07) is 9.30. The maximum atomic E-state index is 6.71. The summed E-state index contributed by atoms with van der Waals surface area (Å²) in [4.78, 5) is 0. The molecule has 1 aromatic rings. The highest BCUT2D eigenvalue weighted by molar-refractivity contribution is 5.32. The quantitative estimate of drug-likeness (QED) is 0.731. The lowest BCUT2D eigenvalue weighted by Crippen LogP contribution is -2.38. The molecule has 0 atom stereocenters. The van der Waals surface area contributed by atoms with Crippen LogP contribution >= 0.6 is 0 Å². The van der Waals surface area contributed by atoms with Crippen LogP contribution in [-0.2, 0) is 5.54 Å². The molecule has 1 aromatic carbocycles. The van der Waals surface area contributed by atoms with E-state index < -0.39 is 0 Å². The molecule has 2 aliphatic carbocycles. The summed E-state index contributed by atoms with van der Waals surface area (Å²) in [5.74, 6) is 0.782. The monoisotopic (exact) mass is 271 g/mol. The average molecular weight is 271 g/mol. The van der Waals surface area contributed by atoms with Gasteiger partial charge < -0.3 is 5.73 Å². The zero-order valence-electron chi connectivity index (χ0n) is 12.7. The molecule has 0 saturated heterocycles. The predicted octanol–water partition coefficient (Wildman–Crippen LogP) is 5.24. The van der Waals surface area contributed by atoms with Gasteiger partial charge in [0.1, 0.15) is 0 Å². The molecule has 0 aliphatic heterocycles. The van der Waals surface area contributed by atoms with E-state index in [2.05, 4.69) is 24.3 Å². The van der Waals surface area contributed by atoms with Gasteiger partial charge in [0.15, 0.2) is 0 Å². The topological polar surface area (TPSA) is 26.0 Å². The predicted molar refractivity (Wildman–Crippen MR) is 85.8 cm³/mol. The van der Waals surface area contributed by atoms with Crippen LogP contribution in [0.25, 0.3) is 0 Å². The molecule has 2 fully saturated rings. The molecule has 20 heavy (non-hydrogen) atoms. The Hall–Kier alpha value is -0.820. The van der Waals surface area contributed by atoms with Crippen molar-refractivity contribution in [2.45, 2.75) is 82.1 Å². The fourth-order valence-corrected chi connectivity index (χ4v) is 4.19. The van der Waals surface area contributed by atoms with Crippen LogP contribution < -0.4 is 5.73 Å². The van der Waals surface area contributed by atoms with Gasteiger partial charge in [-0.1, -0.05) is 69.2 Å². The molecule has 2 N–H and O–H groups in total. The van der Waals surface area contributed by atoms with Crippen molar-refractivity contribution in [3.05, 3.63) is 35.4 Å². The first-order valence-corrected chi connectivity index (χ1v) is 8.67. The zero-order chi connectivity index (χ0) is 13.8. The fourth-order valence-electron chi connectivity index (χ4n) is 4.19. The summed E-state index contributed by atoms with van der Waals surface area (Å²) >= 11 is 0. The van der Waals surface area contributed by atoms with E-state index in [1.807, 2.05) is 0 Å². The standard InChI is InChI=1S/C19H29N/c20-19(13-6-3-7-14-19)18-12-8-11-17(15-18)16-9-4-1-2-5-10-16/h8,11-12,15-16H,1-7,9-10,13-14,20H2. The number of hydrogen-bond donors (Lipinski definition) is 1. The molecule has 0 heterocycles. The smallest absolute Gasteiger partial charge is 0.0409 e. The van der Waals surface area contributed by atoms with Crippen molar-refractivity contribution in [2.24, 2.45) is 5.73 Å². The summed E-state index contributed by atoms with van der Waals surface area (Å²) < 4.78 is 0. The highest BCUT2D eigenvalue weighted by atomic mass is 14.7. The van der Waals surface area contributed by atoms with Crippen molar-refractivity contribution < 1.29 is 0 Å². The third-order valence-corrected chi connectivity index (χ3v) is 5.53. The van der Waals surface area contributed by atoms with Crippen LogP contribution in [0.1, 0.15) is 87.7 Å². The minimum absolute atomic E-state index is 0.0427. The van der Waals surface area contributed by atoms with Gasteiger partial charge in [0.25, 0.3) is 0 Å². The van der Waals surface area contributed by atoms with Crippen molar-refractivity contribution >= 4 is 0 Å². The summed E-state index contributed by atoms with van der Waals surface area (Å²) in [5, 5.41) is 0. The SMILES string of the molecule is NC1(c2cccc(C3CCCCCC3)c2)CCCCC1. The molecule has 0 spiro atoms. The lowest BCUT2D eigenvalue weighted by Gasteiger charge is -2.34. The second kappa shape index (κ2) is 6.30. The molecule has 1 heteroatoms. The maximum Gasteiger partial charge on any atom is 0.0409 e. The zero-order valence-corrected chi connectivity index (χ0v) is 12.7. The number of rotatable bonds is 2. The minimum Gasteiger partial charge on any atom is -0.321 e. The Bertz CT molecular complexity index is 423. The Morgan fingerprint density at radius 1 is 0.850 bits per heavy atom. The van der Waals surface area contributed by atoms with Crippen LogP contribution in [0.5, 0.6) is 0 Å². The molecule has 2 aliphatic rings. The van der Waals surface area contributed by atoms with E-state index in [1.54, 1.807) is 5.56 Å². The molecule has 0 bridgehead atoms. The van der Waals surface area contributed by atoms with Gasteiger partial charge in [0, 0.05) is 5.54 Å². The summed E-state index contributed by atoms with van der Waals surface area (Å²) in [6.07, 6.45) is 14.7. The molecule has 3 rings (SSSR count). The summed E-state index contributed by atoms with van der Waals surface area (Å²) in [7, 11) is 0. The van der Waals surface area contributed by atoms with E-state index >= 15 is 0 Å². The van der Waals surface area contributed by atoms with Crippen molar-refractivity contribution in [2.75, 3.05) is 0 Å². The Morgan fingerprint density at radius 2 is 1.50 bits per heavy atom. The van der Waals surface area contributed by atoms with E-state index in [0.29, 0.717) is 0 Å². The van der Waals surface area contributed by atoms with Gasteiger partial charge in [-0.2, -0.15) is 0 Å². The second-order valence-electron chi connectivity index (χ2n) is 7.03. The third kappa shape index (κ3) is 3.09. The second-order valence-corrected chi connectivity index (χ2v) is 7.03. The van der Waals surface area contributed by atoms with Crippen LogP contribution in [0.2, 0.25) is 0 Å². The van der Waals surface area contributed by atoms with Crippen LogP contribution in [-0.4, -0.2) is 0 Å². The molecule has 1 nitrogen and oxygen atoms in total. The Labute approximate surface area is 124 Å². The van der Waals surface area contributed by atoms with Crippen molar-refractivity contribution in [1.29, 1.82) is 0 Å². The van der Waals surface area contributed by atoms with E-state index in [4.69, 9.17) is 5.73 Å². The molecule has 110 valence electrons. The highest BCUT2D eigenvalue weighted by Gasteiger charge is 2.29. The Balaban J connectivity index is 1.81. The van der Waals surface area contributed by atoms with Gasteiger partial charge >= 0.3 is 0 Å². The number of benzene rings is 1. The molecular formula is C19H29N. The first-order valence-electron chi connectivity index (χ1n) is 8.67. The molecule has 2 saturated carbocycles. The normalized spacial score (nSPS) is 24.2. The average Bonchev–Trinajstić information content (AvgIpc) is 2.77. The number of nitrogens with two attached hydrogens (primary N) is 1. The Kier molecular flexibility index (Phi) is 4.45. The van der Waals surface area contributed by atoms with Gasteiger partial charge in [0.05, 0.1) is 0 Å². The molecule has 0 radical (unpaired) electrons. The van der Waals surface area contributed by atoms with E-state index in [1.165, 1.54) is 76.2 Å². The highest BCUT2D eigenvalue weighted by Crippen LogP contribution is 2.37. The molecule has 0 aromatic heterocycles. The van der Waals surface area contributed by atoms with Gasteiger partial charge in [0.2, 0.25) is 0 Å². The van der Waals surface area contributed by atoms with Crippen LogP contribution in [0.15, 0.2) is 24.3 Å². The van der Waals surface area contributed by atoms with Crippen LogP contribution in [0, 0.1) is 0 Å². The first-order chi connectivity index (χ1) is 9.78. The fraction of sp³-hybridized carbons (Fsp3) is 0.684. The largest absolute Gasteiger partial charge is 0.321 e. The van der Waals surface area contributed by atoms with Crippen molar-refractivity contribution in [3.63, 3.8) is 0 Å². The van der Waals surface area contributed by atoms with E-state index in [0.717, 1.165) is 5.92 Å². The van der Waals surface area contributed by atoms with E-state index in [9.17, 15) is 0 Å². The molecule has 0 amide bonds. The van der Waals surface area contributed by atoms with Gasteiger partial charge in [-0.15, -0.1) is 0 Å².